The van der Waals surface area contributed by atoms with Gasteiger partial charge < -0.3 is 10.2 Å². The molecule has 4 nitrogen and oxygen atoms in total. The fourth-order valence-electron chi connectivity index (χ4n) is 1.26. The summed E-state index contributed by atoms with van der Waals surface area (Å²) < 4.78 is 17.5. The summed E-state index contributed by atoms with van der Waals surface area (Å²) >= 11 is 0. The summed E-state index contributed by atoms with van der Waals surface area (Å²) in [6.07, 6.45) is 0. The van der Waals surface area contributed by atoms with Crippen LogP contribution in [0.2, 0.25) is 0 Å². The lowest BCUT2D eigenvalue weighted by atomic mass is 10.2. The van der Waals surface area contributed by atoms with Crippen LogP contribution in [0.15, 0.2) is 33.5 Å². The highest BCUT2D eigenvalue weighted by Gasteiger charge is 2.10. The predicted molar refractivity (Wildman–Crippen MR) is 51.0 cm³/mol. The van der Waals surface area contributed by atoms with Crippen LogP contribution in [0.3, 0.4) is 0 Å². The Morgan fingerprint density at radius 3 is 2.73 bits per heavy atom. The molecule has 1 heterocycles. The molecule has 0 saturated carbocycles. The van der Waals surface area contributed by atoms with E-state index >= 15 is 0 Å². The van der Waals surface area contributed by atoms with Gasteiger partial charge in [0.2, 0.25) is 0 Å². The van der Waals surface area contributed by atoms with E-state index in [0.717, 1.165) is 6.07 Å². The van der Waals surface area contributed by atoms with Crippen LogP contribution in [-0.4, -0.2) is 5.91 Å². The zero-order valence-electron chi connectivity index (χ0n) is 7.49. The maximum absolute atomic E-state index is 12.8. The zero-order chi connectivity index (χ0) is 11.0. The van der Waals surface area contributed by atoms with Gasteiger partial charge in [0.05, 0.1) is 0 Å². The fraction of sp³-hybridized carbons (Fsp3) is 0. The van der Waals surface area contributed by atoms with Gasteiger partial charge >= 0.3 is 5.63 Å². The average molecular weight is 207 g/mol. The number of hydrogen-bond donors (Lipinski definition) is 1. The third-order valence-electron chi connectivity index (χ3n) is 1.96. The van der Waals surface area contributed by atoms with E-state index in [0.29, 0.717) is 5.39 Å². The minimum absolute atomic E-state index is 0.0880. The van der Waals surface area contributed by atoms with Crippen molar-refractivity contribution in [2.75, 3.05) is 0 Å². The lowest BCUT2D eigenvalue weighted by molar-refractivity contribution is 0.0997. The Balaban J connectivity index is 2.82. The lowest BCUT2D eigenvalue weighted by Crippen LogP contribution is -2.20. The Kier molecular flexibility index (Phi) is 2.00. The molecule has 2 aromatic rings. The van der Waals surface area contributed by atoms with Gasteiger partial charge in [0, 0.05) is 11.5 Å². The number of nitrogens with two attached hydrogens (primary N) is 1. The lowest BCUT2D eigenvalue weighted by Gasteiger charge is -1.98. The maximum atomic E-state index is 12.8. The van der Waals surface area contributed by atoms with Gasteiger partial charge in [-0.25, -0.2) is 9.18 Å². The first kappa shape index (κ1) is 9.39. The smallest absolute Gasteiger partial charge is 0.349 e. The summed E-state index contributed by atoms with van der Waals surface area (Å²) in [7, 11) is 0. The van der Waals surface area contributed by atoms with Gasteiger partial charge in [0.25, 0.3) is 5.91 Å². The summed E-state index contributed by atoms with van der Waals surface area (Å²) in [5.41, 5.74) is 3.95. The molecule has 0 spiro atoms. The molecule has 0 radical (unpaired) electrons. The molecule has 0 aliphatic rings. The minimum Gasteiger partial charge on any atom is -0.422 e. The first-order valence-corrected chi connectivity index (χ1v) is 4.11. The molecule has 15 heavy (non-hydrogen) atoms. The summed E-state index contributed by atoms with van der Waals surface area (Å²) in [6.45, 7) is 0. The van der Waals surface area contributed by atoms with Crippen LogP contribution in [-0.2, 0) is 0 Å². The summed E-state index contributed by atoms with van der Waals surface area (Å²) in [5, 5.41) is 0.449. The molecule has 5 heteroatoms. The minimum atomic E-state index is -0.866. The third-order valence-corrected chi connectivity index (χ3v) is 1.96. The Labute approximate surface area is 83.1 Å². The molecule has 2 rings (SSSR count). The summed E-state index contributed by atoms with van der Waals surface area (Å²) in [4.78, 5) is 22.0. The molecule has 1 amide bonds. The van der Waals surface area contributed by atoms with Crippen molar-refractivity contribution in [1.29, 1.82) is 0 Å². The Bertz CT molecular complexity index is 603. The van der Waals surface area contributed by atoms with Gasteiger partial charge in [0.1, 0.15) is 17.0 Å². The van der Waals surface area contributed by atoms with Crippen LogP contribution in [0.5, 0.6) is 0 Å². The van der Waals surface area contributed by atoms with Gasteiger partial charge in [-0.15, -0.1) is 0 Å². The first-order valence-electron chi connectivity index (χ1n) is 4.11. The van der Waals surface area contributed by atoms with Crippen molar-refractivity contribution in [2.24, 2.45) is 5.73 Å². The van der Waals surface area contributed by atoms with Gasteiger partial charge in [-0.1, -0.05) is 0 Å². The van der Waals surface area contributed by atoms with E-state index in [-0.39, 0.29) is 11.1 Å². The summed E-state index contributed by atoms with van der Waals surface area (Å²) in [5.74, 6) is -1.38. The molecule has 1 aromatic carbocycles. The van der Waals surface area contributed by atoms with Gasteiger partial charge in [-0.3, -0.25) is 4.79 Å². The molecule has 0 fully saturated rings. The number of rotatable bonds is 1. The largest absolute Gasteiger partial charge is 0.422 e. The highest BCUT2D eigenvalue weighted by molar-refractivity contribution is 5.95. The van der Waals surface area contributed by atoms with E-state index in [4.69, 9.17) is 10.2 Å². The van der Waals surface area contributed by atoms with E-state index in [1.807, 2.05) is 0 Å². The Morgan fingerprint density at radius 1 is 1.33 bits per heavy atom. The predicted octanol–water partition coefficient (Wildman–Crippen LogP) is 1.03. The number of benzene rings is 1. The fourth-order valence-corrected chi connectivity index (χ4v) is 1.26. The molecule has 0 saturated heterocycles. The molecule has 2 N–H and O–H groups in total. The van der Waals surface area contributed by atoms with Crippen LogP contribution < -0.4 is 11.4 Å². The van der Waals surface area contributed by atoms with Crippen molar-refractivity contribution >= 4 is 16.9 Å². The van der Waals surface area contributed by atoms with Crippen LogP contribution >= 0.6 is 0 Å². The van der Waals surface area contributed by atoms with E-state index in [1.54, 1.807) is 0 Å². The molecule has 0 aliphatic carbocycles. The van der Waals surface area contributed by atoms with Gasteiger partial charge in [-0.05, 0) is 18.2 Å². The number of carbonyl (C=O) groups is 1. The molecule has 0 bridgehead atoms. The van der Waals surface area contributed by atoms with E-state index in [9.17, 15) is 14.0 Å². The molecular formula is C10H6FNO3. The maximum Gasteiger partial charge on any atom is 0.349 e. The number of carbonyl (C=O) groups excluding carboxylic acids is 1. The van der Waals surface area contributed by atoms with Crippen LogP contribution in [0.25, 0.3) is 11.0 Å². The Hall–Kier alpha value is -2.17. The number of fused-ring (bicyclic) bond motifs is 1. The van der Waals surface area contributed by atoms with E-state index in [1.165, 1.54) is 18.2 Å². The van der Waals surface area contributed by atoms with Crippen LogP contribution in [0, 0.1) is 5.82 Å². The van der Waals surface area contributed by atoms with Crippen molar-refractivity contribution in [3.63, 3.8) is 0 Å². The second-order valence-corrected chi connectivity index (χ2v) is 2.99. The third kappa shape index (κ3) is 1.59. The highest BCUT2D eigenvalue weighted by atomic mass is 19.1. The van der Waals surface area contributed by atoms with Crippen LogP contribution in [0.1, 0.15) is 10.4 Å². The second-order valence-electron chi connectivity index (χ2n) is 2.99. The first-order chi connectivity index (χ1) is 7.08. The molecule has 0 atom stereocenters. The van der Waals surface area contributed by atoms with Crippen molar-refractivity contribution in [2.45, 2.75) is 0 Å². The average Bonchev–Trinajstić information content (AvgIpc) is 2.15. The molecule has 0 unspecified atom stereocenters. The summed E-state index contributed by atoms with van der Waals surface area (Å²) in [6, 6.07) is 4.96. The van der Waals surface area contributed by atoms with E-state index in [2.05, 4.69) is 0 Å². The highest BCUT2D eigenvalue weighted by Crippen LogP contribution is 2.14. The van der Waals surface area contributed by atoms with Gasteiger partial charge in [-0.2, -0.15) is 0 Å². The SMILES string of the molecule is NC(=O)c1cc2ccc(F)cc2oc1=O. The van der Waals surface area contributed by atoms with E-state index < -0.39 is 17.3 Å². The van der Waals surface area contributed by atoms with Gasteiger partial charge in [0.15, 0.2) is 0 Å². The molecule has 76 valence electrons. The van der Waals surface area contributed by atoms with Crippen molar-refractivity contribution in [3.8, 4) is 0 Å². The number of hydrogen-bond acceptors (Lipinski definition) is 3. The number of primary amides is 1. The Morgan fingerprint density at radius 2 is 2.07 bits per heavy atom. The number of halogens is 1. The molecular weight excluding hydrogens is 201 g/mol. The van der Waals surface area contributed by atoms with Crippen molar-refractivity contribution < 1.29 is 13.6 Å². The van der Waals surface area contributed by atoms with Crippen molar-refractivity contribution in [3.05, 3.63) is 46.1 Å². The van der Waals surface area contributed by atoms with Crippen molar-refractivity contribution in [1.82, 2.24) is 0 Å². The normalized spacial score (nSPS) is 10.5. The molecule has 0 aliphatic heterocycles. The molecule has 1 aromatic heterocycles. The topological polar surface area (TPSA) is 73.3 Å². The zero-order valence-corrected chi connectivity index (χ0v) is 7.49. The monoisotopic (exact) mass is 207 g/mol. The van der Waals surface area contributed by atoms with Crippen LogP contribution in [0.4, 0.5) is 4.39 Å². The second kappa shape index (κ2) is 3.20. The standard InChI is InChI=1S/C10H6FNO3/c11-6-2-1-5-3-7(9(12)13)10(14)15-8(5)4-6/h1-4H,(H2,12,13). The number of amides is 1. The quantitative estimate of drug-likeness (QED) is 0.709.